The molecule has 98 valence electrons. The Hall–Kier alpha value is -2.36. The van der Waals surface area contributed by atoms with Crippen LogP contribution >= 0.6 is 0 Å². The molecule has 2 aromatic rings. The molecule has 19 heavy (non-hydrogen) atoms. The molecule has 0 unspecified atom stereocenters. The lowest BCUT2D eigenvalue weighted by molar-refractivity contribution is 0.0988. The molecule has 0 aliphatic rings. The summed E-state index contributed by atoms with van der Waals surface area (Å²) in [7, 11) is 1.74. The Balaban J connectivity index is 2.33. The minimum Gasteiger partial charge on any atom is -0.399 e. The molecule has 0 saturated carbocycles. The van der Waals surface area contributed by atoms with E-state index in [2.05, 4.69) is 11.1 Å². The van der Waals surface area contributed by atoms with Crippen LogP contribution in [0.1, 0.15) is 21.6 Å². The Labute approximate surface area is 112 Å². The second kappa shape index (κ2) is 5.10. The van der Waals surface area contributed by atoms with Gasteiger partial charge in [0.2, 0.25) is 0 Å². The molecule has 0 radical (unpaired) electrons. The summed E-state index contributed by atoms with van der Waals surface area (Å²) in [6.45, 7) is 4.02. The van der Waals surface area contributed by atoms with Crippen LogP contribution in [0.4, 0.5) is 11.4 Å². The smallest absolute Gasteiger partial charge is 0.276 e. The highest BCUT2D eigenvalue weighted by molar-refractivity contribution is 6.04. The van der Waals surface area contributed by atoms with Gasteiger partial charge in [0.05, 0.1) is 0 Å². The zero-order valence-electron chi connectivity index (χ0n) is 11.3. The van der Waals surface area contributed by atoms with Crippen LogP contribution in [-0.4, -0.2) is 17.9 Å². The van der Waals surface area contributed by atoms with Crippen molar-refractivity contribution in [2.24, 2.45) is 0 Å². The van der Waals surface area contributed by atoms with Gasteiger partial charge in [-0.05, 0) is 49.2 Å². The van der Waals surface area contributed by atoms with E-state index >= 15 is 0 Å². The SMILES string of the molecule is Cc1cc(C)cc(N(C)C(=O)c2cc(N)ccn2)c1. The summed E-state index contributed by atoms with van der Waals surface area (Å²) < 4.78 is 0. The maximum atomic E-state index is 12.3. The van der Waals surface area contributed by atoms with Crippen molar-refractivity contribution in [3.8, 4) is 0 Å². The van der Waals surface area contributed by atoms with E-state index in [1.54, 1.807) is 24.1 Å². The van der Waals surface area contributed by atoms with Crippen LogP contribution in [0, 0.1) is 13.8 Å². The highest BCUT2D eigenvalue weighted by Crippen LogP contribution is 2.19. The number of nitrogen functional groups attached to an aromatic ring is 1. The zero-order chi connectivity index (χ0) is 14.0. The first-order valence-corrected chi connectivity index (χ1v) is 6.05. The molecule has 4 nitrogen and oxygen atoms in total. The maximum absolute atomic E-state index is 12.3. The van der Waals surface area contributed by atoms with E-state index in [1.807, 2.05) is 26.0 Å². The van der Waals surface area contributed by atoms with E-state index in [0.717, 1.165) is 16.8 Å². The van der Waals surface area contributed by atoms with Crippen molar-refractivity contribution in [3.63, 3.8) is 0 Å². The van der Waals surface area contributed by atoms with Crippen molar-refractivity contribution >= 4 is 17.3 Å². The molecule has 4 heteroatoms. The van der Waals surface area contributed by atoms with Gasteiger partial charge >= 0.3 is 0 Å². The first-order chi connectivity index (χ1) is 8.97. The fraction of sp³-hybridized carbons (Fsp3) is 0.200. The minimum atomic E-state index is -0.169. The number of nitrogens with two attached hydrogens (primary N) is 1. The highest BCUT2D eigenvalue weighted by Gasteiger charge is 2.15. The third-order valence-electron chi connectivity index (χ3n) is 2.90. The number of hydrogen-bond donors (Lipinski definition) is 1. The molecule has 0 fully saturated rings. The van der Waals surface area contributed by atoms with Gasteiger partial charge < -0.3 is 10.6 Å². The summed E-state index contributed by atoms with van der Waals surface area (Å²) in [5.41, 5.74) is 9.65. The number of carbonyl (C=O) groups is 1. The molecule has 2 rings (SSSR count). The Morgan fingerprint density at radius 1 is 1.16 bits per heavy atom. The molecule has 0 aliphatic carbocycles. The predicted molar refractivity (Wildman–Crippen MR) is 77.3 cm³/mol. The quantitative estimate of drug-likeness (QED) is 0.897. The average molecular weight is 255 g/mol. The van der Waals surface area contributed by atoms with Gasteiger partial charge in [-0.25, -0.2) is 0 Å². The molecule has 1 amide bonds. The first kappa shape index (κ1) is 13.1. The molecule has 1 aromatic carbocycles. The molecule has 0 bridgehead atoms. The lowest BCUT2D eigenvalue weighted by atomic mass is 10.1. The summed E-state index contributed by atoms with van der Waals surface area (Å²) in [4.78, 5) is 18.0. The molecule has 1 heterocycles. The first-order valence-electron chi connectivity index (χ1n) is 6.05. The summed E-state index contributed by atoms with van der Waals surface area (Å²) in [5, 5.41) is 0. The van der Waals surface area contributed by atoms with Crippen molar-refractivity contribution < 1.29 is 4.79 Å². The molecule has 0 atom stereocenters. The standard InChI is InChI=1S/C15H17N3O/c1-10-6-11(2)8-13(7-10)18(3)15(19)14-9-12(16)4-5-17-14/h4-9H,1-3H3,(H2,16,17). The molecule has 2 N–H and O–H groups in total. The van der Waals surface area contributed by atoms with Crippen molar-refractivity contribution in [2.75, 3.05) is 17.7 Å². The Kier molecular flexibility index (Phi) is 3.51. The second-order valence-corrected chi connectivity index (χ2v) is 4.68. The number of nitrogens with zero attached hydrogens (tertiary/aromatic N) is 2. The van der Waals surface area contributed by atoms with Crippen molar-refractivity contribution in [2.45, 2.75) is 13.8 Å². The van der Waals surface area contributed by atoms with E-state index in [9.17, 15) is 4.79 Å². The monoisotopic (exact) mass is 255 g/mol. The van der Waals surface area contributed by atoms with Gasteiger partial charge in [0, 0.05) is 24.6 Å². The number of amides is 1. The van der Waals surface area contributed by atoms with E-state index in [1.165, 1.54) is 6.20 Å². The van der Waals surface area contributed by atoms with E-state index in [0.29, 0.717) is 11.4 Å². The van der Waals surface area contributed by atoms with Crippen LogP contribution < -0.4 is 10.6 Å². The highest BCUT2D eigenvalue weighted by atomic mass is 16.2. The Morgan fingerprint density at radius 3 is 2.37 bits per heavy atom. The third-order valence-corrected chi connectivity index (χ3v) is 2.90. The number of rotatable bonds is 2. The lowest BCUT2D eigenvalue weighted by Gasteiger charge is -2.18. The Bertz CT molecular complexity index is 602. The normalized spacial score (nSPS) is 10.3. The fourth-order valence-electron chi connectivity index (χ4n) is 2.00. The van der Waals surface area contributed by atoms with Gasteiger partial charge in [-0.1, -0.05) is 6.07 Å². The summed E-state index contributed by atoms with van der Waals surface area (Å²) in [6, 6.07) is 9.25. The molecular formula is C15H17N3O. The Morgan fingerprint density at radius 2 is 1.79 bits per heavy atom. The molecule has 0 aliphatic heterocycles. The van der Waals surface area contributed by atoms with Crippen LogP contribution in [-0.2, 0) is 0 Å². The number of anilines is 2. The molecule has 0 spiro atoms. The van der Waals surface area contributed by atoms with E-state index in [4.69, 9.17) is 5.73 Å². The van der Waals surface area contributed by atoms with Crippen molar-refractivity contribution in [1.82, 2.24) is 4.98 Å². The van der Waals surface area contributed by atoms with Crippen molar-refractivity contribution in [3.05, 3.63) is 53.3 Å². The largest absolute Gasteiger partial charge is 0.399 e. The zero-order valence-corrected chi connectivity index (χ0v) is 11.3. The number of aryl methyl sites for hydroxylation is 2. The van der Waals surface area contributed by atoms with Crippen LogP contribution in [0.5, 0.6) is 0 Å². The van der Waals surface area contributed by atoms with Gasteiger partial charge in [-0.3, -0.25) is 9.78 Å². The van der Waals surface area contributed by atoms with Gasteiger partial charge in [0.1, 0.15) is 5.69 Å². The summed E-state index contributed by atoms with van der Waals surface area (Å²) in [6.07, 6.45) is 1.54. The van der Waals surface area contributed by atoms with Gasteiger partial charge in [0.15, 0.2) is 0 Å². The number of aromatic nitrogens is 1. The second-order valence-electron chi connectivity index (χ2n) is 4.68. The maximum Gasteiger partial charge on any atom is 0.276 e. The fourth-order valence-corrected chi connectivity index (χ4v) is 2.00. The number of hydrogen-bond acceptors (Lipinski definition) is 3. The van der Waals surface area contributed by atoms with Gasteiger partial charge in [-0.2, -0.15) is 0 Å². The minimum absolute atomic E-state index is 0.169. The molecule has 0 saturated heterocycles. The van der Waals surface area contributed by atoms with Crippen LogP contribution in [0.3, 0.4) is 0 Å². The summed E-state index contributed by atoms with van der Waals surface area (Å²) >= 11 is 0. The van der Waals surface area contributed by atoms with Crippen LogP contribution in [0.2, 0.25) is 0 Å². The van der Waals surface area contributed by atoms with Crippen molar-refractivity contribution in [1.29, 1.82) is 0 Å². The number of benzene rings is 1. The number of pyridine rings is 1. The number of carbonyl (C=O) groups excluding carboxylic acids is 1. The van der Waals surface area contributed by atoms with Gasteiger partial charge in [0.25, 0.3) is 5.91 Å². The molecular weight excluding hydrogens is 238 g/mol. The van der Waals surface area contributed by atoms with E-state index < -0.39 is 0 Å². The third kappa shape index (κ3) is 2.91. The average Bonchev–Trinajstić information content (AvgIpc) is 2.36. The predicted octanol–water partition coefficient (Wildman–Crippen LogP) is 2.56. The van der Waals surface area contributed by atoms with Crippen LogP contribution in [0.15, 0.2) is 36.5 Å². The summed E-state index contributed by atoms with van der Waals surface area (Å²) in [5.74, 6) is -0.169. The van der Waals surface area contributed by atoms with Gasteiger partial charge in [-0.15, -0.1) is 0 Å². The topological polar surface area (TPSA) is 59.2 Å². The lowest BCUT2D eigenvalue weighted by Crippen LogP contribution is -2.27. The molecule has 1 aromatic heterocycles. The van der Waals surface area contributed by atoms with E-state index in [-0.39, 0.29) is 5.91 Å². The van der Waals surface area contributed by atoms with Crippen LogP contribution in [0.25, 0.3) is 0 Å².